The third-order valence-electron chi connectivity index (χ3n) is 3.53. The number of amides is 2. The number of hydrogen-bond donors (Lipinski definition) is 2. The smallest absolute Gasteiger partial charge is 0.312 e. The van der Waals surface area contributed by atoms with Crippen molar-refractivity contribution < 1.29 is 18.7 Å². The summed E-state index contributed by atoms with van der Waals surface area (Å²) in [6.07, 6.45) is -0.261. The second-order valence-electron chi connectivity index (χ2n) is 5.33. The number of nitrogens with one attached hydrogen (secondary N) is 1. The monoisotopic (exact) mass is 345 g/mol. The van der Waals surface area contributed by atoms with Gasteiger partial charge < -0.3 is 20.7 Å². The van der Waals surface area contributed by atoms with Crippen molar-refractivity contribution in [1.82, 2.24) is 10.2 Å². The lowest BCUT2D eigenvalue weighted by Gasteiger charge is -2.34. The van der Waals surface area contributed by atoms with Crippen molar-refractivity contribution in [3.8, 4) is 0 Å². The predicted octanol–water partition coefficient (Wildman–Crippen LogP) is 0.438. The largest absolute Gasteiger partial charge is 0.373 e. The number of hydrogen-bond acceptors (Lipinski definition) is 4. The van der Waals surface area contributed by atoms with Crippen LogP contribution in [0.15, 0.2) is 24.3 Å². The van der Waals surface area contributed by atoms with Crippen LogP contribution in [0.1, 0.15) is 12.5 Å². The van der Waals surface area contributed by atoms with Crippen molar-refractivity contribution in [2.45, 2.75) is 25.6 Å². The lowest BCUT2D eigenvalue weighted by molar-refractivity contribution is -0.151. The first kappa shape index (κ1) is 19.3. The van der Waals surface area contributed by atoms with E-state index in [0.717, 1.165) is 5.56 Å². The molecule has 6 nitrogen and oxygen atoms in total. The summed E-state index contributed by atoms with van der Waals surface area (Å²) in [5, 5.41) is 2.53. The Morgan fingerprint density at radius 1 is 1.43 bits per heavy atom. The molecule has 0 saturated carbocycles. The van der Waals surface area contributed by atoms with E-state index in [0.29, 0.717) is 19.7 Å². The summed E-state index contributed by atoms with van der Waals surface area (Å²) in [4.78, 5) is 25.5. The van der Waals surface area contributed by atoms with E-state index in [2.05, 4.69) is 5.32 Å². The van der Waals surface area contributed by atoms with Gasteiger partial charge in [-0.3, -0.25) is 9.59 Å². The van der Waals surface area contributed by atoms with Gasteiger partial charge in [0, 0.05) is 25.7 Å². The van der Waals surface area contributed by atoms with E-state index in [1.165, 1.54) is 17.0 Å². The molecule has 0 bridgehead atoms. The molecule has 2 amide bonds. The minimum absolute atomic E-state index is 0. The third-order valence-corrected chi connectivity index (χ3v) is 3.53. The maximum atomic E-state index is 12.8. The van der Waals surface area contributed by atoms with Gasteiger partial charge in [-0.25, -0.2) is 4.39 Å². The summed E-state index contributed by atoms with van der Waals surface area (Å²) in [7, 11) is 0. The van der Waals surface area contributed by atoms with Gasteiger partial charge in [0.25, 0.3) is 0 Å². The van der Waals surface area contributed by atoms with Crippen molar-refractivity contribution >= 4 is 24.2 Å². The third kappa shape index (κ3) is 5.46. The second-order valence-corrected chi connectivity index (χ2v) is 5.33. The molecule has 0 spiro atoms. The van der Waals surface area contributed by atoms with E-state index < -0.39 is 11.8 Å². The first-order valence-electron chi connectivity index (χ1n) is 7.16. The number of morpholine rings is 1. The predicted molar refractivity (Wildman–Crippen MR) is 85.5 cm³/mol. The Bertz CT molecular complexity index is 539. The SMILES string of the molecule is CC(N)C1CN(C(=O)C(=O)NCc2ccc(F)cc2)CCO1.Cl. The Hall–Kier alpha value is -1.70. The molecule has 2 unspecified atom stereocenters. The molecule has 1 aromatic carbocycles. The van der Waals surface area contributed by atoms with Crippen molar-refractivity contribution in [1.29, 1.82) is 0 Å². The summed E-state index contributed by atoms with van der Waals surface area (Å²) >= 11 is 0. The number of rotatable bonds is 3. The van der Waals surface area contributed by atoms with Gasteiger partial charge in [0.1, 0.15) is 5.82 Å². The van der Waals surface area contributed by atoms with E-state index in [-0.39, 0.29) is 36.9 Å². The number of halogens is 2. The van der Waals surface area contributed by atoms with Gasteiger partial charge in [0.05, 0.1) is 12.7 Å². The van der Waals surface area contributed by atoms with E-state index in [1.807, 2.05) is 0 Å². The van der Waals surface area contributed by atoms with Crippen LogP contribution in [0, 0.1) is 5.82 Å². The molecule has 0 aromatic heterocycles. The zero-order valence-corrected chi connectivity index (χ0v) is 13.6. The molecular weight excluding hydrogens is 325 g/mol. The molecule has 1 fully saturated rings. The van der Waals surface area contributed by atoms with Gasteiger partial charge in [-0.05, 0) is 24.6 Å². The van der Waals surface area contributed by atoms with Gasteiger partial charge >= 0.3 is 11.8 Å². The molecule has 1 aromatic rings. The van der Waals surface area contributed by atoms with Crippen LogP contribution >= 0.6 is 12.4 Å². The van der Waals surface area contributed by atoms with Crippen LogP contribution in [0.4, 0.5) is 4.39 Å². The maximum absolute atomic E-state index is 12.8. The summed E-state index contributed by atoms with van der Waals surface area (Å²) in [6.45, 7) is 3.01. The number of nitrogens with two attached hydrogens (primary N) is 1. The van der Waals surface area contributed by atoms with Gasteiger partial charge in [-0.2, -0.15) is 0 Å². The van der Waals surface area contributed by atoms with Crippen molar-refractivity contribution in [2.24, 2.45) is 5.73 Å². The normalized spacial score (nSPS) is 18.7. The van der Waals surface area contributed by atoms with Crippen LogP contribution in [0.25, 0.3) is 0 Å². The van der Waals surface area contributed by atoms with E-state index in [1.54, 1.807) is 19.1 Å². The average Bonchev–Trinajstić information content (AvgIpc) is 2.53. The number of ether oxygens (including phenoxy) is 1. The zero-order valence-electron chi connectivity index (χ0n) is 12.8. The van der Waals surface area contributed by atoms with E-state index >= 15 is 0 Å². The van der Waals surface area contributed by atoms with Gasteiger partial charge in [0.15, 0.2) is 0 Å². The topological polar surface area (TPSA) is 84.7 Å². The summed E-state index contributed by atoms with van der Waals surface area (Å²) in [5.74, 6) is -1.63. The second kappa shape index (κ2) is 8.81. The fourth-order valence-corrected chi connectivity index (χ4v) is 2.18. The molecule has 2 rings (SSSR count). The molecule has 0 radical (unpaired) electrons. The van der Waals surface area contributed by atoms with Gasteiger partial charge in [-0.15, -0.1) is 12.4 Å². The highest BCUT2D eigenvalue weighted by Crippen LogP contribution is 2.08. The Kier molecular flexibility index (Phi) is 7.41. The summed E-state index contributed by atoms with van der Waals surface area (Å²) in [6, 6.07) is 5.51. The molecule has 1 heterocycles. The van der Waals surface area contributed by atoms with Crippen LogP contribution in [0.2, 0.25) is 0 Å². The number of nitrogens with zero attached hydrogens (tertiary/aromatic N) is 1. The van der Waals surface area contributed by atoms with Crippen molar-refractivity contribution in [3.05, 3.63) is 35.6 Å². The highest BCUT2D eigenvalue weighted by atomic mass is 35.5. The quantitative estimate of drug-likeness (QED) is 0.778. The fraction of sp³-hybridized carbons (Fsp3) is 0.467. The number of carbonyl (C=O) groups excluding carboxylic acids is 2. The summed E-state index contributed by atoms with van der Waals surface area (Å²) in [5.41, 5.74) is 6.48. The highest BCUT2D eigenvalue weighted by Gasteiger charge is 2.29. The van der Waals surface area contributed by atoms with Crippen molar-refractivity contribution in [2.75, 3.05) is 19.7 Å². The van der Waals surface area contributed by atoms with E-state index in [9.17, 15) is 14.0 Å². The number of carbonyl (C=O) groups is 2. The summed E-state index contributed by atoms with van der Waals surface area (Å²) < 4.78 is 18.2. The molecule has 1 saturated heterocycles. The molecule has 1 aliphatic rings. The van der Waals surface area contributed by atoms with Crippen LogP contribution in [-0.2, 0) is 20.9 Å². The standard InChI is InChI=1S/C15H20FN3O3.ClH/c1-10(17)13-9-19(6-7-22-13)15(21)14(20)18-8-11-2-4-12(16)5-3-11;/h2-5,10,13H,6-9,17H2,1H3,(H,18,20);1H. The molecule has 1 aliphatic heterocycles. The van der Waals surface area contributed by atoms with Crippen LogP contribution in [0.5, 0.6) is 0 Å². The van der Waals surface area contributed by atoms with Crippen LogP contribution in [-0.4, -0.2) is 48.6 Å². The fourth-order valence-electron chi connectivity index (χ4n) is 2.18. The highest BCUT2D eigenvalue weighted by molar-refractivity contribution is 6.35. The van der Waals surface area contributed by atoms with Crippen LogP contribution in [0.3, 0.4) is 0 Å². The first-order valence-corrected chi connectivity index (χ1v) is 7.16. The molecular formula is C15H21ClFN3O3. The zero-order chi connectivity index (χ0) is 16.1. The number of benzene rings is 1. The molecule has 0 aliphatic carbocycles. The molecule has 3 N–H and O–H groups in total. The Labute approximate surface area is 140 Å². The average molecular weight is 346 g/mol. The lowest BCUT2D eigenvalue weighted by Crippen LogP contribution is -2.54. The molecule has 23 heavy (non-hydrogen) atoms. The lowest BCUT2D eigenvalue weighted by atomic mass is 10.1. The van der Waals surface area contributed by atoms with E-state index in [4.69, 9.17) is 10.5 Å². The molecule has 2 atom stereocenters. The maximum Gasteiger partial charge on any atom is 0.312 e. The Morgan fingerprint density at radius 2 is 2.09 bits per heavy atom. The minimum Gasteiger partial charge on any atom is -0.373 e. The van der Waals surface area contributed by atoms with Crippen LogP contribution < -0.4 is 11.1 Å². The Morgan fingerprint density at radius 3 is 2.70 bits per heavy atom. The van der Waals surface area contributed by atoms with Gasteiger partial charge in [0.2, 0.25) is 0 Å². The van der Waals surface area contributed by atoms with Gasteiger partial charge in [-0.1, -0.05) is 12.1 Å². The Balaban J connectivity index is 0.00000264. The van der Waals surface area contributed by atoms with Crippen molar-refractivity contribution in [3.63, 3.8) is 0 Å². The minimum atomic E-state index is -0.686. The molecule has 128 valence electrons. The first-order chi connectivity index (χ1) is 10.5. The molecule has 8 heteroatoms.